The lowest BCUT2D eigenvalue weighted by Gasteiger charge is -2.23. The van der Waals surface area contributed by atoms with Crippen LogP contribution in [0.3, 0.4) is 0 Å². The highest BCUT2D eigenvalue weighted by Crippen LogP contribution is 2.23. The molecule has 1 atom stereocenters. The molecular weight excluding hydrogens is 532 g/mol. The quantitative estimate of drug-likeness (QED) is 0.257. The number of hydrazone groups is 1. The molecule has 0 spiro atoms. The molecule has 2 amide bonds. The van der Waals surface area contributed by atoms with Crippen molar-refractivity contribution in [3.8, 4) is 5.75 Å². The van der Waals surface area contributed by atoms with Gasteiger partial charge in [0.25, 0.3) is 21.8 Å². The second-order valence-corrected chi connectivity index (χ2v) is 11.1. The van der Waals surface area contributed by atoms with E-state index in [1.807, 2.05) is 6.92 Å². The number of sulfonamides is 1. The number of carbonyl (C=O) groups is 2. The second-order valence-electron chi connectivity index (χ2n) is 9.25. The molecule has 210 valence electrons. The fourth-order valence-electron chi connectivity index (χ4n) is 3.97. The van der Waals surface area contributed by atoms with Gasteiger partial charge in [-0.15, -0.1) is 0 Å². The molecule has 3 aromatic carbocycles. The van der Waals surface area contributed by atoms with E-state index >= 15 is 0 Å². The first kappa shape index (κ1) is 28.8. The predicted molar refractivity (Wildman–Crippen MR) is 152 cm³/mol. The Hall–Kier alpha value is -4.22. The number of nitrogens with one attached hydrogen (secondary N) is 2. The van der Waals surface area contributed by atoms with E-state index in [4.69, 9.17) is 9.47 Å². The van der Waals surface area contributed by atoms with Crippen LogP contribution in [0.4, 0.5) is 5.69 Å². The lowest BCUT2D eigenvalue weighted by Crippen LogP contribution is -2.39. The van der Waals surface area contributed by atoms with E-state index in [0.29, 0.717) is 23.5 Å². The van der Waals surface area contributed by atoms with Crippen LogP contribution in [-0.4, -0.2) is 58.9 Å². The van der Waals surface area contributed by atoms with E-state index in [9.17, 15) is 18.0 Å². The molecule has 0 aromatic heterocycles. The molecule has 1 heterocycles. The van der Waals surface area contributed by atoms with Gasteiger partial charge in [-0.05, 0) is 73.9 Å². The monoisotopic (exact) mass is 564 g/mol. The molecule has 1 saturated heterocycles. The van der Waals surface area contributed by atoms with Crippen molar-refractivity contribution in [3.63, 3.8) is 0 Å². The van der Waals surface area contributed by atoms with Gasteiger partial charge in [0.05, 0.1) is 22.9 Å². The maximum absolute atomic E-state index is 13.4. The number of para-hydroxylation sites is 1. The zero-order valence-corrected chi connectivity index (χ0v) is 23.0. The number of anilines is 1. The van der Waals surface area contributed by atoms with Gasteiger partial charge in [0.15, 0.2) is 6.61 Å². The Morgan fingerprint density at radius 1 is 1.02 bits per heavy atom. The summed E-state index contributed by atoms with van der Waals surface area (Å²) in [4.78, 5) is 24.8. The van der Waals surface area contributed by atoms with Crippen LogP contribution in [0.5, 0.6) is 5.75 Å². The molecule has 2 N–H and O–H groups in total. The normalized spacial score (nSPS) is 15.1. The van der Waals surface area contributed by atoms with Crippen molar-refractivity contribution in [1.29, 1.82) is 0 Å². The van der Waals surface area contributed by atoms with Crippen LogP contribution < -0.4 is 19.8 Å². The number of aryl methyl sites for hydroxylation is 1. The van der Waals surface area contributed by atoms with Crippen LogP contribution >= 0.6 is 0 Å². The third kappa shape index (κ3) is 8.14. The predicted octanol–water partition coefficient (Wildman–Crippen LogP) is 3.01. The summed E-state index contributed by atoms with van der Waals surface area (Å²) in [5.74, 6) is -0.323. The summed E-state index contributed by atoms with van der Waals surface area (Å²) in [7, 11) is -4.00. The number of amides is 2. The highest BCUT2D eigenvalue weighted by Gasteiger charge is 2.27. The second kappa shape index (κ2) is 13.7. The Morgan fingerprint density at radius 3 is 2.42 bits per heavy atom. The van der Waals surface area contributed by atoms with Gasteiger partial charge in [-0.3, -0.25) is 13.9 Å². The van der Waals surface area contributed by atoms with Gasteiger partial charge in [0.1, 0.15) is 12.3 Å². The maximum Gasteiger partial charge on any atom is 0.264 e. The van der Waals surface area contributed by atoms with E-state index in [1.165, 1.54) is 18.3 Å². The highest BCUT2D eigenvalue weighted by molar-refractivity contribution is 7.92. The molecule has 1 aliphatic heterocycles. The number of carbonyl (C=O) groups excluding carboxylic acids is 2. The lowest BCUT2D eigenvalue weighted by molar-refractivity contribution is -0.123. The van der Waals surface area contributed by atoms with Crippen molar-refractivity contribution in [2.45, 2.75) is 30.8 Å². The van der Waals surface area contributed by atoms with E-state index in [2.05, 4.69) is 15.8 Å². The minimum Gasteiger partial charge on any atom is -0.484 e. The van der Waals surface area contributed by atoms with Gasteiger partial charge in [-0.2, -0.15) is 5.10 Å². The van der Waals surface area contributed by atoms with Crippen molar-refractivity contribution >= 4 is 33.7 Å². The van der Waals surface area contributed by atoms with Crippen LogP contribution in [0.1, 0.15) is 24.0 Å². The first-order valence-corrected chi connectivity index (χ1v) is 14.3. The van der Waals surface area contributed by atoms with Crippen LogP contribution in [0.25, 0.3) is 0 Å². The van der Waals surface area contributed by atoms with Crippen LogP contribution in [0, 0.1) is 6.92 Å². The topological polar surface area (TPSA) is 126 Å². The maximum atomic E-state index is 13.4. The Balaban J connectivity index is 1.30. The largest absolute Gasteiger partial charge is 0.484 e. The number of hydrogen-bond donors (Lipinski definition) is 2. The molecule has 11 heteroatoms. The van der Waals surface area contributed by atoms with Gasteiger partial charge in [0, 0.05) is 13.2 Å². The van der Waals surface area contributed by atoms with E-state index in [0.717, 1.165) is 29.3 Å². The summed E-state index contributed by atoms with van der Waals surface area (Å²) < 4.78 is 38.8. The van der Waals surface area contributed by atoms with E-state index in [-0.39, 0.29) is 23.5 Å². The van der Waals surface area contributed by atoms with E-state index < -0.39 is 22.5 Å². The number of nitrogens with zero attached hydrogens (tertiary/aromatic N) is 2. The third-order valence-electron chi connectivity index (χ3n) is 6.14. The molecule has 0 aliphatic carbocycles. The fraction of sp³-hybridized carbons (Fsp3) is 0.276. The van der Waals surface area contributed by atoms with E-state index in [1.54, 1.807) is 66.7 Å². The average Bonchev–Trinajstić information content (AvgIpc) is 3.49. The minimum absolute atomic E-state index is 0.0713. The number of benzene rings is 3. The van der Waals surface area contributed by atoms with Crippen molar-refractivity contribution in [2.24, 2.45) is 5.10 Å². The molecule has 0 bridgehead atoms. The summed E-state index contributed by atoms with van der Waals surface area (Å²) in [6, 6.07) is 21.7. The van der Waals surface area contributed by atoms with Gasteiger partial charge >= 0.3 is 0 Å². The van der Waals surface area contributed by atoms with Crippen LogP contribution in [0.2, 0.25) is 0 Å². The molecule has 10 nitrogen and oxygen atoms in total. The molecule has 40 heavy (non-hydrogen) atoms. The Morgan fingerprint density at radius 2 is 1.75 bits per heavy atom. The average molecular weight is 565 g/mol. The molecule has 1 aliphatic rings. The molecule has 0 radical (unpaired) electrons. The highest BCUT2D eigenvalue weighted by atomic mass is 32.2. The molecule has 0 saturated carbocycles. The van der Waals surface area contributed by atoms with Gasteiger partial charge in [-0.1, -0.05) is 35.9 Å². The lowest BCUT2D eigenvalue weighted by atomic mass is 10.2. The van der Waals surface area contributed by atoms with Crippen molar-refractivity contribution < 1.29 is 27.5 Å². The standard InChI is InChI=1S/C29H32N4O6S/c1-22-9-15-27(16-10-22)40(36,37)33(24-6-3-2-4-7-24)20-28(34)32-31-18-23-11-13-25(14-12-23)39-21-29(35)30-19-26-8-5-17-38-26/h2-4,6-7,9-16,18,26H,5,8,17,19-21H2,1H3,(H,30,35)(H,32,34)/b31-18-/t26-/m1/s1. The van der Waals surface area contributed by atoms with Gasteiger partial charge in [0.2, 0.25) is 0 Å². The summed E-state index contributed by atoms with van der Waals surface area (Å²) in [5, 5.41) is 6.76. The minimum atomic E-state index is -4.00. The Bertz CT molecular complexity index is 1410. The zero-order chi connectivity index (χ0) is 28.4. The fourth-order valence-corrected chi connectivity index (χ4v) is 5.40. The van der Waals surface area contributed by atoms with Crippen LogP contribution in [0.15, 0.2) is 88.9 Å². The van der Waals surface area contributed by atoms with Crippen LogP contribution in [-0.2, 0) is 24.3 Å². The number of rotatable bonds is 12. The molecule has 0 unspecified atom stereocenters. The summed E-state index contributed by atoms with van der Waals surface area (Å²) in [6.45, 7) is 2.51. The summed E-state index contributed by atoms with van der Waals surface area (Å²) in [5.41, 5.74) is 4.34. The van der Waals surface area contributed by atoms with Crippen molar-refractivity contribution in [3.05, 3.63) is 90.0 Å². The Kier molecular flexibility index (Phi) is 9.87. The van der Waals surface area contributed by atoms with Crippen molar-refractivity contribution in [2.75, 3.05) is 30.6 Å². The van der Waals surface area contributed by atoms with Gasteiger partial charge < -0.3 is 14.8 Å². The summed E-state index contributed by atoms with van der Waals surface area (Å²) >= 11 is 0. The smallest absolute Gasteiger partial charge is 0.264 e. The molecule has 1 fully saturated rings. The number of ether oxygens (including phenoxy) is 2. The first-order chi connectivity index (χ1) is 19.3. The third-order valence-corrected chi connectivity index (χ3v) is 7.93. The van der Waals surface area contributed by atoms with Gasteiger partial charge in [-0.25, -0.2) is 13.8 Å². The molecule has 3 aromatic rings. The number of hydrogen-bond acceptors (Lipinski definition) is 7. The Labute approximate surface area is 234 Å². The SMILES string of the molecule is Cc1ccc(S(=O)(=O)N(CC(=O)N/N=C\c2ccc(OCC(=O)NC[C@H]3CCCO3)cc2)c2ccccc2)cc1. The molecular formula is C29H32N4O6S. The van der Waals surface area contributed by atoms with Crippen molar-refractivity contribution in [1.82, 2.24) is 10.7 Å². The zero-order valence-electron chi connectivity index (χ0n) is 22.2. The molecule has 4 rings (SSSR count). The first-order valence-electron chi connectivity index (χ1n) is 12.9. The summed E-state index contributed by atoms with van der Waals surface area (Å²) in [6.07, 6.45) is 3.46.